The third-order valence-electron chi connectivity index (χ3n) is 8.20. The van der Waals surface area contributed by atoms with Gasteiger partial charge < -0.3 is 24.7 Å². The number of hydrogen-bond donors (Lipinski definition) is 1. The lowest BCUT2D eigenvalue weighted by Crippen LogP contribution is -2.32. The summed E-state index contributed by atoms with van der Waals surface area (Å²) in [4.78, 5) is 26.2. The van der Waals surface area contributed by atoms with Crippen molar-refractivity contribution in [3.05, 3.63) is 78.8 Å². The predicted molar refractivity (Wildman–Crippen MR) is 160 cm³/mol. The molecule has 2 aliphatic rings. The van der Waals surface area contributed by atoms with E-state index in [2.05, 4.69) is 33.4 Å². The number of para-hydroxylation sites is 1. The van der Waals surface area contributed by atoms with Gasteiger partial charge >= 0.3 is 0 Å². The molecule has 9 heteroatoms. The average Bonchev–Trinajstić information content (AvgIpc) is 3.74. The third-order valence-corrected chi connectivity index (χ3v) is 8.20. The van der Waals surface area contributed by atoms with E-state index in [1.165, 1.54) is 6.33 Å². The van der Waals surface area contributed by atoms with E-state index in [1.807, 2.05) is 65.6 Å². The fourth-order valence-electron chi connectivity index (χ4n) is 5.98. The normalized spacial score (nSPS) is 19.1. The Morgan fingerprint density at radius 3 is 2.66 bits per heavy atom. The summed E-state index contributed by atoms with van der Waals surface area (Å²) >= 11 is 0. The Morgan fingerprint density at radius 2 is 1.90 bits per heavy atom. The van der Waals surface area contributed by atoms with Crippen LogP contribution >= 0.6 is 0 Å². The predicted octanol–water partition coefficient (Wildman–Crippen LogP) is 4.83. The highest BCUT2D eigenvalue weighted by Crippen LogP contribution is 2.40. The van der Waals surface area contributed by atoms with Gasteiger partial charge in [-0.25, -0.2) is 9.97 Å². The molecule has 0 aliphatic carbocycles. The van der Waals surface area contributed by atoms with Gasteiger partial charge in [-0.15, -0.1) is 0 Å². The van der Waals surface area contributed by atoms with Gasteiger partial charge in [0.15, 0.2) is 0 Å². The molecule has 2 aliphatic heterocycles. The second-order valence-corrected chi connectivity index (χ2v) is 10.8. The molecule has 0 bridgehead atoms. The van der Waals surface area contributed by atoms with Crippen LogP contribution in [0.3, 0.4) is 0 Å². The standard InChI is InChI=1S/C32H36N6O3/c1-22-29(23-10-12-27(13-11-23)41-26-7-4-3-5-8-26)30-31(33)34-21-35-32(30)38(22)24-14-17-37(19-24)28(39)9-6-16-36(2)25-15-18-40-20-25/h3-13,21,24-25H,14-20H2,1-2H3,(H2,33,34,35). The summed E-state index contributed by atoms with van der Waals surface area (Å²) in [7, 11) is 2.08. The summed E-state index contributed by atoms with van der Waals surface area (Å²) in [5, 5.41) is 0.838. The molecule has 4 aromatic rings. The number of fused-ring (bicyclic) bond motifs is 1. The number of amides is 1. The zero-order valence-corrected chi connectivity index (χ0v) is 23.6. The number of anilines is 1. The van der Waals surface area contributed by atoms with Crippen LogP contribution < -0.4 is 10.5 Å². The van der Waals surface area contributed by atoms with Crippen molar-refractivity contribution in [1.82, 2.24) is 24.3 Å². The molecule has 2 atom stereocenters. The monoisotopic (exact) mass is 552 g/mol. The molecule has 2 fully saturated rings. The van der Waals surface area contributed by atoms with Crippen molar-refractivity contribution >= 4 is 22.8 Å². The number of carbonyl (C=O) groups is 1. The first-order valence-corrected chi connectivity index (χ1v) is 14.2. The fraction of sp³-hybridized carbons (Fsp3) is 0.344. The highest BCUT2D eigenvalue weighted by Gasteiger charge is 2.31. The molecule has 2 saturated heterocycles. The van der Waals surface area contributed by atoms with Gasteiger partial charge in [-0.05, 0) is 56.6 Å². The van der Waals surface area contributed by atoms with Crippen molar-refractivity contribution in [3.63, 3.8) is 0 Å². The van der Waals surface area contributed by atoms with E-state index in [4.69, 9.17) is 15.2 Å². The topological polar surface area (TPSA) is 98.7 Å². The summed E-state index contributed by atoms with van der Waals surface area (Å²) in [5.74, 6) is 2.03. The summed E-state index contributed by atoms with van der Waals surface area (Å²) in [6.07, 6.45) is 7.07. The Morgan fingerprint density at radius 1 is 1.12 bits per heavy atom. The van der Waals surface area contributed by atoms with Crippen LogP contribution in [0.5, 0.6) is 11.5 Å². The molecule has 0 saturated carbocycles. The van der Waals surface area contributed by atoms with Gasteiger partial charge in [0.25, 0.3) is 0 Å². The molecule has 2 aromatic heterocycles. The number of nitrogen functional groups attached to an aromatic ring is 1. The lowest BCUT2D eigenvalue weighted by Gasteiger charge is -2.21. The number of hydrogen-bond acceptors (Lipinski definition) is 7. The number of rotatable bonds is 8. The Labute approximate surface area is 240 Å². The summed E-state index contributed by atoms with van der Waals surface area (Å²) in [5.41, 5.74) is 10.3. The van der Waals surface area contributed by atoms with E-state index >= 15 is 0 Å². The Hall–Kier alpha value is -4.21. The fourth-order valence-corrected chi connectivity index (χ4v) is 5.98. The minimum atomic E-state index is 0.0426. The average molecular weight is 553 g/mol. The molecule has 212 valence electrons. The van der Waals surface area contributed by atoms with Crippen LogP contribution in [0.15, 0.2) is 73.1 Å². The van der Waals surface area contributed by atoms with Crippen molar-refractivity contribution in [2.24, 2.45) is 0 Å². The second-order valence-electron chi connectivity index (χ2n) is 10.8. The maximum absolute atomic E-state index is 13.0. The molecular formula is C32H36N6O3. The molecule has 2 aromatic carbocycles. The van der Waals surface area contributed by atoms with Crippen LogP contribution in [0, 0.1) is 6.92 Å². The van der Waals surface area contributed by atoms with Crippen molar-refractivity contribution < 1.29 is 14.3 Å². The van der Waals surface area contributed by atoms with Gasteiger partial charge in [0, 0.05) is 49.6 Å². The van der Waals surface area contributed by atoms with Gasteiger partial charge in [-0.3, -0.25) is 9.69 Å². The van der Waals surface area contributed by atoms with Crippen LogP contribution in [-0.2, 0) is 9.53 Å². The smallest absolute Gasteiger partial charge is 0.246 e. The molecule has 0 radical (unpaired) electrons. The van der Waals surface area contributed by atoms with Crippen LogP contribution in [0.25, 0.3) is 22.2 Å². The van der Waals surface area contributed by atoms with E-state index in [9.17, 15) is 4.79 Å². The van der Waals surface area contributed by atoms with Crippen LogP contribution in [0.1, 0.15) is 24.6 Å². The highest BCUT2D eigenvalue weighted by molar-refractivity contribution is 6.02. The number of nitrogens with two attached hydrogens (primary N) is 1. The molecular weight excluding hydrogens is 516 g/mol. The number of benzene rings is 2. The lowest BCUT2D eigenvalue weighted by molar-refractivity contribution is -0.125. The van der Waals surface area contributed by atoms with Crippen molar-refractivity contribution in [1.29, 1.82) is 0 Å². The molecule has 1 amide bonds. The number of aromatic nitrogens is 3. The number of carbonyl (C=O) groups excluding carboxylic acids is 1. The minimum Gasteiger partial charge on any atom is -0.457 e. The van der Waals surface area contributed by atoms with E-state index in [-0.39, 0.29) is 11.9 Å². The van der Waals surface area contributed by atoms with Crippen molar-refractivity contribution in [2.75, 3.05) is 45.6 Å². The first kappa shape index (κ1) is 27.0. The van der Waals surface area contributed by atoms with Gasteiger partial charge in [-0.1, -0.05) is 36.4 Å². The number of nitrogens with zero attached hydrogens (tertiary/aromatic N) is 5. The summed E-state index contributed by atoms with van der Waals surface area (Å²) in [6, 6.07) is 18.2. The molecule has 0 spiro atoms. The molecule has 2 N–H and O–H groups in total. The van der Waals surface area contributed by atoms with E-state index in [0.29, 0.717) is 24.9 Å². The summed E-state index contributed by atoms with van der Waals surface area (Å²) < 4.78 is 13.7. The molecule has 6 rings (SSSR count). The van der Waals surface area contributed by atoms with Gasteiger partial charge in [0.05, 0.1) is 18.0 Å². The van der Waals surface area contributed by atoms with Gasteiger partial charge in [-0.2, -0.15) is 0 Å². The SMILES string of the molecule is Cc1c(-c2ccc(Oc3ccccc3)cc2)c2c(N)ncnc2n1C1CCN(C(=O)C=CCN(C)C2CCOC2)C1. The van der Waals surface area contributed by atoms with Crippen molar-refractivity contribution in [2.45, 2.75) is 31.8 Å². The maximum Gasteiger partial charge on any atom is 0.246 e. The molecule has 4 heterocycles. The first-order valence-electron chi connectivity index (χ1n) is 14.2. The van der Waals surface area contributed by atoms with Crippen LogP contribution in [-0.4, -0.2) is 76.2 Å². The zero-order chi connectivity index (χ0) is 28.3. The molecule has 41 heavy (non-hydrogen) atoms. The van der Waals surface area contributed by atoms with Crippen LogP contribution in [0.4, 0.5) is 5.82 Å². The van der Waals surface area contributed by atoms with Gasteiger partial charge in [0.1, 0.15) is 29.3 Å². The largest absolute Gasteiger partial charge is 0.457 e. The zero-order valence-electron chi connectivity index (χ0n) is 23.6. The minimum absolute atomic E-state index is 0.0426. The maximum atomic E-state index is 13.0. The van der Waals surface area contributed by atoms with Crippen LogP contribution in [0.2, 0.25) is 0 Å². The van der Waals surface area contributed by atoms with E-state index < -0.39 is 0 Å². The number of likely N-dealkylation sites (tertiary alicyclic amines) is 1. The Balaban J connectivity index is 1.21. The third kappa shape index (κ3) is 5.55. The summed E-state index contributed by atoms with van der Waals surface area (Å²) in [6.45, 7) is 5.71. The quantitative estimate of drug-likeness (QED) is 0.313. The number of ether oxygens (including phenoxy) is 2. The van der Waals surface area contributed by atoms with E-state index in [1.54, 1.807) is 6.08 Å². The first-order chi connectivity index (χ1) is 20.0. The van der Waals surface area contributed by atoms with Crippen molar-refractivity contribution in [3.8, 4) is 22.6 Å². The van der Waals surface area contributed by atoms with E-state index in [0.717, 1.165) is 72.0 Å². The second kappa shape index (κ2) is 11.7. The highest BCUT2D eigenvalue weighted by atomic mass is 16.5. The Kier molecular flexibility index (Phi) is 7.71. The Bertz CT molecular complexity index is 1540. The lowest BCUT2D eigenvalue weighted by atomic mass is 10.0. The number of likely N-dealkylation sites (N-methyl/N-ethyl adjacent to an activating group) is 1. The van der Waals surface area contributed by atoms with Gasteiger partial charge in [0.2, 0.25) is 5.91 Å². The molecule has 9 nitrogen and oxygen atoms in total. The molecule has 2 unspecified atom stereocenters.